The zero-order valence-corrected chi connectivity index (χ0v) is 18.3. The van der Waals surface area contributed by atoms with E-state index < -0.39 is 0 Å². The fourth-order valence-corrected chi connectivity index (χ4v) is 2.72. The van der Waals surface area contributed by atoms with Gasteiger partial charge in [0, 0.05) is 31.1 Å². The average Bonchev–Trinajstić information content (AvgIpc) is 2.69. The van der Waals surface area contributed by atoms with E-state index in [0.29, 0.717) is 0 Å². The van der Waals surface area contributed by atoms with Crippen LogP contribution in [0.15, 0.2) is 82.8 Å². The van der Waals surface area contributed by atoms with Crippen LogP contribution in [0.1, 0.15) is 39.2 Å². The van der Waals surface area contributed by atoms with Crippen LogP contribution >= 0.6 is 0 Å². The first-order valence-electron chi connectivity index (χ1n) is 9.60. The smallest absolute Gasteiger partial charge is 0.125 e. The molecule has 0 saturated heterocycles. The summed E-state index contributed by atoms with van der Waals surface area (Å²) < 4.78 is 13.9. The predicted octanol–water partition coefficient (Wildman–Crippen LogP) is 6.77. The van der Waals surface area contributed by atoms with Gasteiger partial charge in [-0.15, -0.1) is 5.73 Å². The Morgan fingerprint density at radius 3 is 2.73 bits per heavy atom. The molecule has 1 heterocycles. The number of halogens is 1. The predicted molar refractivity (Wildman–Crippen MR) is 128 cm³/mol. The number of benzene rings is 1. The Balaban J connectivity index is 0.00000450. The quantitative estimate of drug-likeness (QED) is 0.342. The topological polar surface area (TPSA) is 50.6 Å². The van der Waals surface area contributed by atoms with Gasteiger partial charge in [0.15, 0.2) is 0 Å². The number of rotatable bonds is 4. The van der Waals surface area contributed by atoms with Gasteiger partial charge < -0.3 is 11.1 Å². The van der Waals surface area contributed by atoms with E-state index in [1.807, 2.05) is 50.1 Å². The zero-order valence-electron chi connectivity index (χ0n) is 18.3. The molecule has 0 unspecified atom stereocenters. The molecule has 0 bridgehead atoms. The molecule has 3 nitrogen and oxygen atoms in total. The van der Waals surface area contributed by atoms with Crippen molar-refractivity contribution in [3.8, 4) is 11.8 Å². The van der Waals surface area contributed by atoms with E-state index in [4.69, 9.17) is 0 Å². The molecule has 0 radical (unpaired) electrons. The third-order valence-electron chi connectivity index (χ3n) is 4.50. The number of hydrogen-bond acceptors (Lipinski definition) is 3. The maximum absolute atomic E-state index is 13.9. The maximum Gasteiger partial charge on any atom is 0.125 e. The third-order valence-corrected chi connectivity index (χ3v) is 4.50. The van der Waals surface area contributed by atoms with E-state index in [2.05, 4.69) is 42.1 Å². The summed E-state index contributed by atoms with van der Waals surface area (Å²) in [6, 6.07) is 4.85. The van der Waals surface area contributed by atoms with Crippen LogP contribution in [0, 0.1) is 17.7 Å². The largest absolute Gasteiger partial charge is 0.348 e. The van der Waals surface area contributed by atoms with Crippen LogP contribution < -0.4 is 11.1 Å². The fourth-order valence-electron chi connectivity index (χ4n) is 2.72. The Bertz CT molecular complexity index is 1020. The lowest BCUT2D eigenvalue weighted by atomic mass is 10.1. The summed E-state index contributed by atoms with van der Waals surface area (Å²) in [5.74, 6) is 6.05. The van der Waals surface area contributed by atoms with Gasteiger partial charge in [0.25, 0.3) is 0 Å². The molecule has 3 N–H and O–H groups in total. The first-order chi connectivity index (χ1) is 13.9. The van der Waals surface area contributed by atoms with Gasteiger partial charge >= 0.3 is 0 Å². The lowest BCUT2D eigenvalue weighted by molar-refractivity contribution is 0.627. The van der Waals surface area contributed by atoms with Crippen LogP contribution in [0.25, 0.3) is 6.08 Å². The summed E-state index contributed by atoms with van der Waals surface area (Å²) >= 11 is 0. The van der Waals surface area contributed by atoms with Gasteiger partial charge in [-0.05, 0) is 75.1 Å². The molecule has 4 heteroatoms. The van der Waals surface area contributed by atoms with Gasteiger partial charge in [-0.1, -0.05) is 30.2 Å². The SMILES string of the molecule is C=Cc1cc(F)cc(N(C)/C(C)=C\C(=C=CC)C#CC2=N/C=C\C=C(/C)CC2)c1.N. The summed E-state index contributed by atoms with van der Waals surface area (Å²) in [5, 5.41) is 0. The van der Waals surface area contributed by atoms with Crippen LogP contribution in [0.2, 0.25) is 0 Å². The lowest BCUT2D eigenvalue weighted by Crippen LogP contribution is -2.14. The highest BCUT2D eigenvalue weighted by molar-refractivity contribution is 6.01. The molecular weight excluding hydrogens is 373 g/mol. The summed E-state index contributed by atoms with van der Waals surface area (Å²) in [6.45, 7) is 9.69. The average molecular weight is 404 g/mol. The maximum atomic E-state index is 13.9. The first-order valence-corrected chi connectivity index (χ1v) is 9.60. The molecule has 2 rings (SSSR count). The van der Waals surface area contributed by atoms with Crippen molar-refractivity contribution in [2.75, 3.05) is 11.9 Å². The van der Waals surface area contributed by atoms with Crippen molar-refractivity contribution < 1.29 is 4.39 Å². The van der Waals surface area contributed by atoms with Crippen molar-refractivity contribution >= 4 is 17.5 Å². The van der Waals surface area contributed by atoms with Crippen molar-refractivity contribution in [1.29, 1.82) is 0 Å². The van der Waals surface area contributed by atoms with Crippen molar-refractivity contribution in [3.63, 3.8) is 0 Å². The number of nitrogens with zero attached hydrogens (tertiary/aromatic N) is 2. The highest BCUT2D eigenvalue weighted by atomic mass is 19.1. The highest BCUT2D eigenvalue weighted by Crippen LogP contribution is 2.22. The van der Waals surface area contributed by atoms with E-state index in [9.17, 15) is 4.39 Å². The van der Waals surface area contributed by atoms with E-state index in [0.717, 1.165) is 41.1 Å². The Labute approximate surface area is 180 Å². The Kier molecular flexibility index (Phi) is 10.1. The summed E-state index contributed by atoms with van der Waals surface area (Å²) in [4.78, 5) is 6.34. The molecule has 0 fully saturated rings. The molecule has 156 valence electrons. The van der Waals surface area contributed by atoms with Gasteiger partial charge in [0.1, 0.15) is 5.82 Å². The number of aliphatic imine (C=N–C) groups is 1. The first kappa shape index (κ1) is 24.7. The normalized spacial score (nSPS) is 16.0. The minimum Gasteiger partial charge on any atom is -0.348 e. The Morgan fingerprint density at radius 2 is 2.03 bits per heavy atom. The van der Waals surface area contributed by atoms with Crippen LogP contribution in [0.4, 0.5) is 10.1 Å². The van der Waals surface area contributed by atoms with Crippen molar-refractivity contribution in [2.45, 2.75) is 33.6 Å². The van der Waals surface area contributed by atoms with Crippen LogP contribution in [-0.2, 0) is 0 Å². The minimum atomic E-state index is -0.291. The number of hydrogen-bond donors (Lipinski definition) is 1. The van der Waals surface area contributed by atoms with Gasteiger partial charge in [0.05, 0.1) is 11.3 Å². The van der Waals surface area contributed by atoms with Crippen LogP contribution in [0.5, 0.6) is 0 Å². The number of allylic oxidation sites excluding steroid dienone is 6. The van der Waals surface area contributed by atoms with E-state index >= 15 is 0 Å². The fraction of sp³-hybridized carbons (Fsp3) is 0.231. The second kappa shape index (κ2) is 12.2. The van der Waals surface area contributed by atoms with Crippen LogP contribution in [-0.4, -0.2) is 12.8 Å². The number of anilines is 1. The summed E-state index contributed by atoms with van der Waals surface area (Å²) in [7, 11) is 1.90. The second-order valence-corrected chi connectivity index (χ2v) is 6.82. The van der Waals surface area contributed by atoms with Crippen molar-refractivity contribution in [3.05, 3.63) is 89.2 Å². The minimum absolute atomic E-state index is 0. The standard InChI is InChI=1S/C26H27FN2.H3N/c1-6-9-23(12-14-25-13-11-20(3)10-8-15-28-25)16-21(4)29(5)26-18-22(7-2)17-24(27)19-26;/h6-8,10,15-19H,2,11,13H2,1,3-5H3;1H3/b15-8-,20-10+,21-16-,28-25?;. The molecule has 1 aromatic rings. The molecule has 0 aromatic heterocycles. The molecule has 1 aliphatic rings. The second-order valence-electron chi connectivity index (χ2n) is 6.82. The molecule has 1 aromatic carbocycles. The van der Waals surface area contributed by atoms with E-state index in [1.54, 1.807) is 12.3 Å². The molecule has 0 spiro atoms. The molecule has 0 atom stereocenters. The summed E-state index contributed by atoms with van der Waals surface area (Å²) in [6.07, 6.45) is 13.0. The van der Waals surface area contributed by atoms with Gasteiger partial charge in [-0.2, -0.15) is 0 Å². The van der Waals surface area contributed by atoms with Crippen molar-refractivity contribution in [1.82, 2.24) is 6.15 Å². The van der Waals surface area contributed by atoms with Crippen LogP contribution in [0.3, 0.4) is 0 Å². The molecule has 0 saturated carbocycles. The van der Waals surface area contributed by atoms with Gasteiger partial charge in [-0.3, -0.25) is 4.99 Å². The Hall–Kier alpha value is -3.38. The molecular formula is C26H30FN3. The van der Waals surface area contributed by atoms with Gasteiger partial charge in [0.2, 0.25) is 0 Å². The third kappa shape index (κ3) is 7.56. The molecule has 30 heavy (non-hydrogen) atoms. The van der Waals surface area contributed by atoms with E-state index in [-0.39, 0.29) is 12.0 Å². The molecule has 0 amide bonds. The van der Waals surface area contributed by atoms with Gasteiger partial charge in [-0.25, -0.2) is 4.39 Å². The monoisotopic (exact) mass is 403 g/mol. The van der Waals surface area contributed by atoms with Crippen molar-refractivity contribution in [2.24, 2.45) is 4.99 Å². The summed E-state index contributed by atoms with van der Waals surface area (Å²) in [5.41, 5.74) is 8.49. The molecule has 0 aliphatic carbocycles. The highest BCUT2D eigenvalue weighted by Gasteiger charge is 2.06. The zero-order chi connectivity index (χ0) is 21.2. The van der Waals surface area contributed by atoms with E-state index in [1.165, 1.54) is 17.7 Å². The Morgan fingerprint density at radius 1 is 1.27 bits per heavy atom. The lowest BCUT2D eigenvalue weighted by Gasteiger charge is -2.20. The molecule has 1 aliphatic heterocycles.